The molecule has 0 radical (unpaired) electrons. The third kappa shape index (κ3) is 1.91. The van der Waals surface area contributed by atoms with E-state index in [1.54, 1.807) is 6.20 Å². The molecular weight excluding hydrogens is 170 g/mol. The normalized spacial score (nSPS) is 19.0. The molecule has 0 saturated heterocycles. The maximum absolute atomic E-state index is 11.5. The molecule has 3 heteroatoms. The molecule has 1 aliphatic carbocycles. The van der Waals surface area contributed by atoms with Crippen LogP contribution in [0.5, 0.6) is 0 Å². The van der Waals surface area contributed by atoms with Gasteiger partial charge in [0.1, 0.15) is 5.03 Å². The quantitative estimate of drug-likeness (QED) is 0.709. The van der Waals surface area contributed by atoms with Crippen LogP contribution < -0.4 is 0 Å². The Hall–Kier alpha value is -0.700. The van der Waals surface area contributed by atoms with Crippen LogP contribution in [0.25, 0.3) is 0 Å². The van der Waals surface area contributed by atoms with Crippen LogP contribution in [0.1, 0.15) is 12.8 Å². The Kier molecular flexibility index (Phi) is 2.21. The van der Waals surface area contributed by atoms with Gasteiger partial charge in [0.05, 0.1) is 10.8 Å². The Morgan fingerprint density at radius 1 is 1.50 bits per heavy atom. The molecule has 2 nitrogen and oxygen atoms in total. The largest absolute Gasteiger partial charge is 0.253 e. The number of hydrogen-bond donors (Lipinski definition) is 0. The molecular formula is C9H11NOS. The van der Waals surface area contributed by atoms with Crippen LogP contribution in [0.2, 0.25) is 0 Å². The maximum Gasteiger partial charge on any atom is 0.127 e. The fraction of sp³-hybridized carbons (Fsp3) is 0.444. The molecule has 1 saturated carbocycles. The fourth-order valence-electron chi connectivity index (χ4n) is 1.07. The van der Waals surface area contributed by atoms with Crippen molar-refractivity contribution in [3.8, 4) is 0 Å². The Balaban J connectivity index is 2.03. The Morgan fingerprint density at radius 3 is 2.92 bits per heavy atom. The van der Waals surface area contributed by atoms with Crippen LogP contribution in [-0.2, 0) is 10.8 Å². The molecule has 1 aromatic rings. The zero-order valence-corrected chi connectivity index (χ0v) is 7.59. The summed E-state index contributed by atoms with van der Waals surface area (Å²) in [5.41, 5.74) is 0. The first-order valence-electron chi connectivity index (χ1n) is 4.15. The van der Waals surface area contributed by atoms with E-state index in [0.717, 1.165) is 10.8 Å². The van der Waals surface area contributed by atoms with Crippen molar-refractivity contribution in [1.29, 1.82) is 0 Å². The Bertz CT molecular complexity index is 282. The van der Waals surface area contributed by atoms with Gasteiger partial charge in [-0.15, -0.1) is 0 Å². The van der Waals surface area contributed by atoms with Gasteiger partial charge in [0.25, 0.3) is 0 Å². The number of hydrogen-bond acceptors (Lipinski definition) is 2. The molecule has 64 valence electrons. The van der Waals surface area contributed by atoms with Gasteiger partial charge in [-0.3, -0.25) is 4.21 Å². The van der Waals surface area contributed by atoms with E-state index in [9.17, 15) is 4.21 Å². The molecule has 1 unspecified atom stereocenters. The predicted octanol–water partition coefficient (Wildman–Crippen LogP) is 1.60. The van der Waals surface area contributed by atoms with Gasteiger partial charge >= 0.3 is 0 Å². The minimum atomic E-state index is -0.862. The summed E-state index contributed by atoms with van der Waals surface area (Å²) in [6.07, 6.45) is 4.19. The summed E-state index contributed by atoms with van der Waals surface area (Å²) in [4.78, 5) is 4.06. The SMILES string of the molecule is O=S(CC1CC1)c1ccccn1. The minimum absolute atomic E-state index is 0.702. The maximum atomic E-state index is 11.5. The first-order chi connectivity index (χ1) is 5.86. The van der Waals surface area contributed by atoms with Crippen molar-refractivity contribution in [2.24, 2.45) is 5.92 Å². The number of aromatic nitrogens is 1. The summed E-state index contributed by atoms with van der Waals surface area (Å²) in [6, 6.07) is 5.56. The van der Waals surface area contributed by atoms with Crippen molar-refractivity contribution in [2.75, 3.05) is 5.75 Å². The highest BCUT2D eigenvalue weighted by molar-refractivity contribution is 7.85. The summed E-state index contributed by atoms with van der Waals surface area (Å²) < 4.78 is 11.5. The summed E-state index contributed by atoms with van der Waals surface area (Å²) >= 11 is 0. The molecule has 0 N–H and O–H groups in total. The molecule has 12 heavy (non-hydrogen) atoms. The van der Waals surface area contributed by atoms with Gasteiger partial charge < -0.3 is 0 Å². The van der Waals surface area contributed by atoms with Crippen LogP contribution in [0, 0.1) is 5.92 Å². The minimum Gasteiger partial charge on any atom is -0.253 e. The average molecular weight is 181 g/mol. The van der Waals surface area contributed by atoms with Crippen LogP contribution >= 0.6 is 0 Å². The molecule has 0 aliphatic heterocycles. The molecule has 1 atom stereocenters. The molecule has 0 bridgehead atoms. The van der Waals surface area contributed by atoms with Crippen molar-refractivity contribution in [3.63, 3.8) is 0 Å². The highest BCUT2D eigenvalue weighted by Gasteiger charge is 2.24. The lowest BCUT2D eigenvalue weighted by molar-refractivity contribution is 0.677. The Morgan fingerprint density at radius 2 is 2.33 bits per heavy atom. The molecule has 1 aliphatic rings. The van der Waals surface area contributed by atoms with E-state index in [2.05, 4.69) is 4.98 Å². The van der Waals surface area contributed by atoms with Crippen molar-refractivity contribution in [3.05, 3.63) is 24.4 Å². The molecule has 0 amide bonds. The summed E-state index contributed by atoms with van der Waals surface area (Å²) in [7, 11) is -0.862. The van der Waals surface area contributed by atoms with Gasteiger partial charge in [0.2, 0.25) is 0 Å². The molecule has 2 rings (SSSR count). The van der Waals surface area contributed by atoms with Gasteiger partial charge in [0, 0.05) is 11.9 Å². The molecule has 0 aromatic carbocycles. The van der Waals surface area contributed by atoms with Crippen LogP contribution in [0.3, 0.4) is 0 Å². The topological polar surface area (TPSA) is 30.0 Å². The van der Waals surface area contributed by atoms with E-state index in [4.69, 9.17) is 0 Å². The van der Waals surface area contributed by atoms with Crippen LogP contribution in [-0.4, -0.2) is 14.9 Å². The van der Waals surface area contributed by atoms with Crippen molar-refractivity contribution in [1.82, 2.24) is 4.98 Å². The van der Waals surface area contributed by atoms with E-state index in [0.29, 0.717) is 5.92 Å². The highest BCUT2D eigenvalue weighted by Crippen LogP contribution is 2.30. The third-order valence-electron chi connectivity index (χ3n) is 1.96. The first-order valence-corrected chi connectivity index (χ1v) is 5.47. The lowest BCUT2D eigenvalue weighted by Crippen LogP contribution is -2.01. The van der Waals surface area contributed by atoms with E-state index in [1.165, 1.54) is 12.8 Å². The van der Waals surface area contributed by atoms with E-state index >= 15 is 0 Å². The van der Waals surface area contributed by atoms with Gasteiger partial charge in [-0.05, 0) is 30.9 Å². The Labute approximate surface area is 74.5 Å². The van der Waals surface area contributed by atoms with Crippen molar-refractivity contribution < 1.29 is 4.21 Å². The van der Waals surface area contributed by atoms with E-state index < -0.39 is 10.8 Å². The second-order valence-corrected chi connectivity index (χ2v) is 4.57. The van der Waals surface area contributed by atoms with Crippen LogP contribution in [0.4, 0.5) is 0 Å². The first kappa shape index (κ1) is 7.92. The fourth-order valence-corrected chi connectivity index (χ4v) is 2.41. The summed E-state index contributed by atoms with van der Waals surface area (Å²) in [5.74, 6) is 1.50. The summed E-state index contributed by atoms with van der Waals surface area (Å²) in [5, 5.41) is 0.726. The predicted molar refractivity (Wildman–Crippen MR) is 48.2 cm³/mol. The molecule has 1 heterocycles. The standard InChI is InChI=1S/C9H11NOS/c11-12(7-8-4-5-8)9-3-1-2-6-10-9/h1-3,6,8H,4-5,7H2. The van der Waals surface area contributed by atoms with Gasteiger partial charge in [-0.1, -0.05) is 6.07 Å². The third-order valence-corrected chi connectivity index (χ3v) is 3.44. The molecule has 0 spiro atoms. The van der Waals surface area contributed by atoms with Crippen molar-refractivity contribution >= 4 is 10.8 Å². The zero-order valence-electron chi connectivity index (χ0n) is 6.77. The molecule has 1 aromatic heterocycles. The monoisotopic (exact) mass is 181 g/mol. The lowest BCUT2D eigenvalue weighted by Gasteiger charge is -1.97. The van der Waals surface area contributed by atoms with Gasteiger partial charge in [-0.2, -0.15) is 0 Å². The van der Waals surface area contributed by atoms with E-state index in [-0.39, 0.29) is 0 Å². The van der Waals surface area contributed by atoms with Gasteiger partial charge in [0.15, 0.2) is 0 Å². The second-order valence-electron chi connectivity index (χ2n) is 3.12. The number of rotatable bonds is 3. The summed E-state index contributed by atoms with van der Waals surface area (Å²) in [6.45, 7) is 0. The smallest absolute Gasteiger partial charge is 0.127 e. The number of nitrogens with zero attached hydrogens (tertiary/aromatic N) is 1. The zero-order chi connectivity index (χ0) is 8.39. The highest BCUT2D eigenvalue weighted by atomic mass is 32.2. The lowest BCUT2D eigenvalue weighted by atomic mass is 10.5. The molecule has 1 fully saturated rings. The van der Waals surface area contributed by atoms with Gasteiger partial charge in [-0.25, -0.2) is 4.98 Å². The average Bonchev–Trinajstić information content (AvgIpc) is 2.90. The van der Waals surface area contributed by atoms with Crippen molar-refractivity contribution in [2.45, 2.75) is 17.9 Å². The van der Waals surface area contributed by atoms with Crippen LogP contribution in [0.15, 0.2) is 29.4 Å². The van der Waals surface area contributed by atoms with E-state index in [1.807, 2.05) is 18.2 Å². The second kappa shape index (κ2) is 3.35. The number of pyridine rings is 1.